The highest BCUT2D eigenvalue weighted by Gasteiger charge is 2.15. The molecule has 0 aliphatic rings. The van der Waals surface area contributed by atoms with E-state index in [1.807, 2.05) is 30.3 Å². The Morgan fingerprint density at radius 1 is 1.00 bits per heavy atom. The lowest BCUT2D eigenvalue weighted by atomic mass is 10.1. The molecule has 2 N–H and O–H groups in total. The third kappa shape index (κ3) is 6.09. The van der Waals surface area contributed by atoms with E-state index >= 15 is 0 Å². The fourth-order valence-corrected chi connectivity index (χ4v) is 4.70. The standard InChI is InChI=1S/C24H21N3O3S2/c28-22(25-14-18-9-6-12-30-18)16-31-21-11-5-4-10-20(21)23(29)27-24-26-15-19(32-24)13-17-7-2-1-3-8-17/h1-12,15H,13-14,16H2,(H,25,28)(H,26,27,29). The van der Waals surface area contributed by atoms with Gasteiger partial charge in [0.2, 0.25) is 5.91 Å². The zero-order chi connectivity index (χ0) is 22.2. The maximum Gasteiger partial charge on any atom is 0.258 e. The van der Waals surface area contributed by atoms with Gasteiger partial charge in [-0.15, -0.1) is 23.1 Å². The Morgan fingerprint density at radius 3 is 2.62 bits per heavy atom. The molecule has 32 heavy (non-hydrogen) atoms. The number of hydrogen-bond acceptors (Lipinski definition) is 6. The Bertz CT molecular complexity index is 1170. The van der Waals surface area contributed by atoms with Gasteiger partial charge >= 0.3 is 0 Å². The molecule has 0 unspecified atom stereocenters. The van der Waals surface area contributed by atoms with E-state index in [2.05, 4.69) is 27.8 Å². The minimum Gasteiger partial charge on any atom is -0.467 e. The molecule has 162 valence electrons. The second-order valence-electron chi connectivity index (χ2n) is 6.89. The second-order valence-corrected chi connectivity index (χ2v) is 9.02. The first-order valence-corrected chi connectivity index (χ1v) is 11.8. The van der Waals surface area contributed by atoms with Crippen molar-refractivity contribution in [2.75, 3.05) is 11.1 Å². The summed E-state index contributed by atoms with van der Waals surface area (Å²) < 4.78 is 5.21. The van der Waals surface area contributed by atoms with Gasteiger partial charge in [-0.1, -0.05) is 42.5 Å². The van der Waals surface area contributed by atoms with Gasteiger partial charge in [-0.3, -0.25) is 14.9 Å². The molecule has 0 saturated carbocycles. The number of thioether (sulfide) groups is 1. The van der Waals surface area contributed by atoms with Gasteiger partial charge in [0, 0.05) is 22.4 Å². The van der Waals surface area contributed by atoms with Crippen molar-refractivity contribution >= 4 is 40.0 Å². The summed E-state index contributed by atoms with van der Waals surface area (Å²) in [5.74, 6) is 0.513. The number of nitrogens with zero attached hydrogens (tertiary/aromatic N) is 1. The topological polar surface area (TPSA) is 84.2 Å². The van der Waals surface area contributed by atoms with Crippen molar-refractivity contribution in [1.29, 1.82) is 0 Å². The quantitative estimate of drug-likeness (QED) is 0.342. The number of carbonyl (C=O) groups is 2. The lowest BCUT2D eigenvalue weighted by Gasteiger charge is -2.09. The highest BCUT2D eigenvalue weighted by atomic mass is 32.2. The van der Waals surface area contributed by atoms with Crippen LogP contribution in [0.15, 0.2) is 88.5 Å². The van der Waals surface area contributed by atoms with Crippen LogP contribution in [0.2, 0.25) is 0 Å². The molecule has 8 heteroatoms. The average molecular weight is 464 g/mol. The molecule has 6 nitrogen and oxygen atoms in total. The molecule has 0 atom stereocenters. The van der Waals surface area contributed by atoms with Gasteiger partial charge in [-0.2, -0.15) is 0 Å². The van der Waals surface area contributed by atoms with Crippen molar-refractivity contribution in [3.63, 3.8) is 0 Å². The predicted octanol–water partition coefficient (Wildman–Crippen LogP) is 4.99. The van der Waals surface area contributed by atoms with Crippen LogP contribution < -0.4 is 10.6 Å². The van der Waals surface area contributed by atoms with E-state index in [0.29, 0.717) is 23.0 Å². The first-order chi connectivity index (χ1) is 15.7. The van der Waals surface area contributed by atoms with E-state index in [1.54, 1.807) is 36.7 Å². The fraction of sp³-hybridized carbons (Fsp3) is 0.125. The van der Waals surface area contributed by atoms with Crippen molar-refractivity contribution < 1.29 is 14.0 Å². The summed E-state index contributed by atoms with van der Waals surface area (Å²) in [6, 6.07) is 20.9. The van der Waals surface area contributed by atoms with Crippen molar-refractivity contribution in [3.8, 4) is 0 Å². The number of furan rings is 1. The van der Waals surface area contributed by atoms with Crippen LogP contribution in [0, 0.1) is 0 Å². The van der Waals surface area contributed by atoms with Crippen LogP contribution in [0.3, 0.4) is 0 Å². The van der Waals surface area contributed by atoms with Gasteiger partial charge in [0.1, 0.15) is 5.76 Å². The van der Waals surface area contributed by atoms with E-state index in [4.69, 9.17) is 4.42 Å². The van der Waals surface area contributed by atoms with Crippen LogP contribution in [0.25, 0.3) is 0 Å². The molecule has 2 aromatic carbocycles. The van der Waals surface area contributed by atoms with Crippen LogP contribution in [-0.4, -0.2) is 22.6 Å². The lowest BCUT2D eigenvalue weighted by molar-refractivity contribution is -0.118. The van der Waals surface area contributed by atoms with Gasteiger partial charge in [-0.05, 0) is 29.8 Å². The molecule has 0 saturated heterocycles. The number of anilines is 1. The van der Waals surface area contributed by atoms with Crippen molar-refractivity contribution in [2.24, 2.45) is 0 Å². The number of benzene rings is 2. The number of aromatic nitrogens is 1. The van der Waals surface area contributed by atoms with E-state index in [1.165, 1.54) is 28.7 Å². The molecular formula is C24H21N3O3S2. The van der Waals surface area contributed by atoms with Crippen molar-refractivity contribution in [1.82, 2.24) is 10.3 Å². The highest BCUT2D eigenvalue weighted by molar-refractivity contribution is 8.00. The first kappa shape index (κ1) is 21.9. The zero-order valence-corrected chi connectivity index (χ0v) is 18.7. The third-order valence-corrected chi connectivity index (χ3v) is 6.51. The monoisotopic (exact) mass is 463 g/mol. The summed E-state index contributed by atoms with van der Waals surface area (Å²) in [4.78, 5) is 31.2. The predicted molar refractivity (Wildman–Crippen MR) is 127 cm³/mol. The Kier molecular flexibility index (Phi) is 7.37. The largest absolute Gasteiger partial charge is 0.467 e. The molecule has 4 aromatic rings. The summed E-state index contributed by atoms with van der Waals surface area (Å²) in [6.45, 7) is 0.337. The van der Waals surface area contributed by atoms with Gasteiger partial charge in [0.05, 0.1) is 24.1 Å². The van der Waals surface area contributed by atoms with Gasteiger partial charge in [0.25, 0.3) is 5.91 Å². The molecule has 0 fully saturated rings. The minimum atomic E-state index is -0.246. The number of thiazole rings is 1. The fourth-order valence-electron chi connectivity index (χ4n) is 2.98. The number of rotatable bonds is 9. The number of hydrogen-bond donors (Lipinski definition) is 2. The van der Waals surface area contributed by atoms with Crippen LogP contribution in [0.5, 0.6) is 0 Å². The van der Waals surface area contributed by atoms with Crippen LogP contribution >= 0.6 is 23.1 Å². The summed E-state index contributed by atoms with van der Waals surface area (Å²) in [5, 5.41) is 6.24. The van der Waals surface area contributed by atoms with E-state index in [9.17, 15) is 9.59 Å². The highest BCUT2D eigenvalue weighted by Crippen LogP contribution is 2.25. The maximum atomic E-state index is 12.9. The van der Waals surface area contributed by atoms with Crippen LogP contribution in [-0.2, 0) is 17.8 Å². The molecule has 0 bridgehead atoms. The summed E-state index contributed by atoms with van der Waals surface area (Å²) >= 11 is 2.77. The Hall–Kier alpha value is -3.36. The number of nitrogens with one attached hydrogen (secondary N) is 2. The SMILES string of the molecule is O=C(CSc1ccccc1C(=O)Nc1ncc(Cc2ccccc2)s1)NCc1ccco1. The molecule has 0 aliphatic heterocycles. The number of amides is 2. The Balaban J connectivity index is 1.33. The first-order valence-electron chi connectivity index (χ1n) is 9.98. The maximum absolute atomic E-state index is 12.9. The van der Waals surface area contributed by atoms with Gasteiger partial charge in [0.15, 0.2) is 5.13 Å². The summed E-state index contributed by atoms with van der Waals surface area (Å²) in [7, 11) is 0. The van der Waals surface area contributed by atoms with E-state index in [0.717, 1.165) is 16.2 Å². The Morgan fingerprint density at radius 2 is 1.81 bits per heavy atom. The number of carbonyl (C=O) groups excluding carboxylic acids is 2. The third-order valence-electron chi connectivity index (χ3n) is 4.53. The average Bonchev–Trinajstić information content (AvgIpc) is 3.49. The second kappa shape index (κ2) is 10.8. The zero-order valence-electron chi connectivity index (χ0n) is 17.1. The van der Waals surface area contributed by atoms with E-state index in [-0.39, 0.29) is 17.6 Å². The van der Waals surface area contributed by atoms with Crippen molar-refractivity contribution in [2.45, 2.75) is 17.9 Å². The molecule has 4 rings (SSSR count). The molecule has 2 amide bonds. The van der Waals surface area contributed by atoms with E-state index < -0.39 is 0 Å². The normalized spacial score (nSPS) is 10.6. The summed E-state index contributed by atoms with van der Waals surface area (Å²) in [6.07, 6.45) is 4.13. The molecular weight excluding hydrogens is 442 g/mol. The summed E-state index contributed by atoms with van der Waals surface area (Å²) in [5.41, 5.74) is 1.71. The van der Waals surface area contributed by atoms with Crippen LogP contribution in [0.1, 0.15) is 26.6 Å². The smallest absolute Gasteiger partial charge is 0.258 e. The van der Waals surface area contributed by atoms with Gasteiger partial charge < -0.3 is 9.73 Å². The van der Waals surface area contributed by atoms with Crippen LogP contribution in [0.4, 0.5) is 5.13 Å². The molecule has 0 aliphatic carbocycles. The molecule has 0 spiro atoms. The molecule has 2 heterocycles. The Labute approximate surface area is 194 Å². The minimum absolute atomic E-state index is 0.132. The van der Waals surface area contributed by atoms with Gasteiger partial charge in [-0.25, -0.2) is 4.98 Å². The molecule has 0 radical (unpaired) electrons. The van der Waals surface area contributed by atoms with Crippen molar-refractivity contribution in [3.05, 3.63) is 101 Å². The molecule has 2 aromatic heterocycles. The lowest BCUT2D eigenvalue weighted by Crippen LogP contribution is -2.24.